The van der Waals surface area contributed by atoms with Crippen molar-refractivity contribution in [3.63, 3.8) is 0 Å². The molecule has 1 aromatic carbocycles. The number of fused-ring (bicyclic) bond motifs is 1. The van der Waals surface area contributed by atoms with Crippen LogP contribution in [-0.2, 0) is 11.0 Å². The van der Waals surface area contributed by atoms with E-state index in [1.807, 2.05) is 0 Å². The van der Waals surface area contributed by atoms with E-state index in [1.54, 1.807) is 0 Å². The third-order valence-corrected chi connectivity index (χ3v) is 4.21. The van der Waals surface area contributed by atoms with Crippen LogP contribution >= 0.6 is 0 Å². The number of rotatable bonds is 4. The molecule has 126 valence electrons. The van der Waals surface area contributed by atoms with Crippen molar-refractivity contribution in [1.82, 2.24) is 0 Å². The van der Waals surface area contributed by atoms with Crippen molar-refractivity contribution in [1.29, 1.82) is 0 Å². The summed E-state index contributed by atoms with van der Waals surface area (Å²) in [5.74, 6) is -1.43. The smallest absolute Gasteiger partial charge is 0.416 e. The van der Waals surface area contributed by atoms with E-state index in [-0.39, 0.29) is 29.4 Å². The van der Waals surface area contributed by atoms with Gasteiger partial charge in [0.2, 0.25) is 0 Å². The molecule has 1 saturated carbocycles. The second-order valence-corrected chi connectivity index (χ2v) is 5.98. The zero-order valence-corrected chi connectivity index (χ0v) is 12.4. The van der Waals surface area contributed by atoms with Crippen LogP contribution in [0.4, 0.5) is 13.2 Å². The third kappa shape index (κ3) is 3.54. The van der Waals surface area contributed by atoms with Crippen LogP contribution < -0.4 is 9.47 Å². The van der Waals surface area contributed by atoms with Gasteiger partial charge in [-0.3, -0.25) is 4.79 Å². The number of carbonyl (C=O) groups is 1. The molecule has 1 unspecified atom stereocenters. The largest absolute Gasteiger partial charge is 0.490 e. The highest BCUT2D eigenvalue weighted by Gasteiger charge is 2.42. The van der Waals surface area contributed by atoms with Gasteiger partial charge in [0.1, 0.15) is 0 Å². The number of halogens is 3. The average Bonchev–Trinajstić information content (AvgIpc) is 3.29. The van der Waals surface area contributed by atoms with Crippen LogP contribution in [0.25, 0.3) is 0 Å². The van der Waals surface area contributed by atoms with Gasteiger partial charge in [0.15, 0.2) is 11.5 Å². The lowest BCUT2D eigenvalue weighted by Crippen LogP contribution is -2.16. The second-order valence-electron chi connectivity index (χ2n) is 5.98. The maximum atomic E-state index is 13.5. The molecule has 1 N–H and O–H groups in total. The van der Waals surface area contributed by atoms with Crippen LogP contribution in [-0.4, -0.2) is 24.3 Å². The van der Waals surface area contributed by atoms with Crippen molar-refractivity contribution in [3.8, 4) is 11.5 Å². The van der Waals surface area contributed by atoms with E-state index in [9.17, 15) is 18.0 Å². The standard InChI is InChI=1S/C16H17F3O4/c17-16(18,19)12-8-14-13(22-4-1-5-23-14)6-11(12)10(7-15(20)21)9-2-3-9/h6,8-10H,1-5,7H2,(H,20,21). The van der Waals surface area contributed by atoms with Crippen molar-refractivity contribution in [2.24, 2.45) is 5.92 Å². The molecular formula is C16H17F3O4. The SMILES string of the molecule is O=C(O)CC(c1cc2c(cc1C(F)(F)F)OCCCO2)C1CC1. The molecule has 1 aliphatic carbocycles. The predicted molar refractivity (Wildman–Crippen MR) is 74.8 cm³/mol. The number of aliphatic carboxylic acids is 1. The Kier molecular flexibility index (Phi) is 4.12. The molecule has 23 heavy (non-hydrogen) atoms. The van der Waals surface area contributed by atoms with Crippen molar-refractivity contribution in [2.75, 3.05) is 13.2 Å². The topological polar surface area (TPSA) is 55.8 Å². The highest BCUT2D eigenvalue weighted by Crippen LogP contribution is 2.50. The van der Waals surface area contributed by atoms with E-state index in [4.69, 9.17) is 14.6 Å². The summed E-state index contributed by atoms with van der Waals surface area (Å²) in [5.41, 5.74) is -0.813. The van der Waals surface area contributed by atoms with E-state index in [0.29, 0.717) is 19.6 Å². The van der Waals surface area contributed by atoms with Crippen LogP contribution in [0, 0.1) is 5.92 Å². The maximum Gasteiger partial charge on any atom is 0.416 e. The number of carboxylic acids is 1. The molecule has 2 aliphatic rings. The zero-order valence-electron chi connectivity index (χ0n) is 12.4. The Morgan fingerprint density at radius 1 is 1.22 bits per heavy atom. The lowest BCUT2D eigenvalue weighted by molar-refractivity contribution is -0.141. The lowest BCUT2D eigenvalue weighted by Gasteiger charge is -2.22. The Labute approximate surface area is 131 Å². The Morgan fingerprint density at radius 2 is 1.83 bits per heavy atom. The van der Waals surface area contributed by atoms with Crippen molar-refractivity contribution in [3.05, 3.63) is 23.3 Å². The van der Waals surface area contributed by atoms with Gasteiger partial charge in [-0.05, 0) is 42.4 Å². The van der Waals surface area contributed by atoms with Gasteiger partial charge in [0.05, 0.1) is 25.2 Å². The van der Waals surface area contributed by atoms with E-state index < -0.39 is 23.6 Å². The Bertz CT molecular complexity index is 608. The second kappa shape index (κ2) is 5.94. The first-order valence-electron chi connectivity index (χ1n) is 7.59. The Balaban J connectivity index is 2.08. The average molecular weight is 330 g/mol. The summed E-state index contributed by atoms with van der Waals surface area (Å²) in [6, 6.07) is 2.28. The van der Waals surface area contributed by atoms with E-state index in [0.717, 1.165) is 18.9 Å². The van der Waals surface area contributed by atoms with Gasteiger partial charge in [0, 0.05) is 6.42 Å². The number of carboxylic acid groups (broad SMARTS) is 1. The fourth-order valence-corrected chi connectivity index (χ4v) is 2.99. The maximum absolute atomic E-state index is 13.5. The Hall–Kier alpha value is -1.92. The van der Waals surface area contributed by atoms with Gasteiger partial charge in [-0.15, -0.1) is 0 Å². The molecule has 1 heterocycles. The molecule has 1 atom stereocenters. The summed E-state index contributed by atoms with van der Waals surface area (Å²) in [6.07, 6.45) is -2.78. The third-order valence-electron chi connectivity index (χ3n) is 4.21. The first kappa shape index (κ1) is 16.0. The zero-order chi connectivity index (χ0) is 16.6. The molecule has 7 heteroatoms. The van der Waals surface area contributed by atoms with Crippen LogP contribution in [0.5, 0.6) is 11.5 Å². The van der Waals surface area contributed by atoms with Crippen LogP contribution in [0.3, 0.4) is 0 Å². The fourth-order valence-electron chi connectivity index (χ4n) is 2.99. The molecule has 0 radical (unpaired) electrons. The number of hydrogen-bond acceptors (Lipinski definition) is 3. The molecule has 1 aliphatic heterocycles. The summed E-state index contributed by atoms with van der Waals surface area (Å²) in [7, 11) is 0. The number of hydrogen-bond donors (Lipinski definition) is 1. The van der Waals surface area contributed by atoms with Gasteiger partial charge < -0.3 is 14.6 Å². The summed E-state index contributed by atoms with van der Waals surface area (Å²) in [4.78, 5) is 11.1. The van der Waals surface area contributed by atoms with Gasteiger partial charge in [-0.1, -0.05) is 0 Å². The van der Waals surface area contributed by atoms with E-state index in [2.05, 4.69) is 0 Å². The monoisotopic (exact) mass is 330 g/mol. The summed E-state index contributed by atoms with van der Waals surface area (Å²) < 4.78 is 51.2. The first-order chi connectivity index (χ1) is 10.9. The number of ether oxygens (including phenoxy) is 2. The lowest BCUT2D eigenvalue weighted by atomic mass is 9.87. The van der Waals surface area contributed by atoms with E-state index >= 15 is 0 Å². The molecule has 0 aromatic heterocycles. The van der Waals surface area contributed by atoms with Crippen molar-refractivity contribution < 1.29 is 32.5 Å². The normalized spacial score (nSPS) is 19.1. The summed E-state index contributed by atoms with van der Waals surface area (Å²) >= 11 is 0. The minimum Gasteiger partial charge on any atom is -0.490 e. The van der Waals surface area contributed by atoms with Crippen LogP contribution in [0.2, 0.25) is 0 Å². The molecule has 0 bridgehead atoms. The summed E-state index contributed by atoms with van der Waals surface area (Å²) in [5, 5.41) is 9.06. The quantitative estimate of drug-likeness (QED) is 0.911. The number of benzene rings is 1. The summed E-state index contributed by atoms with van der Waals surface area (Å²) in [6.45, 7) is 0.662. The van der Waals surface area contributed by atoms with Crippen LogP contribution in [0.1, 0.15) is 42.7 Å². The molecule has 0 amide bonds. The minimum absolute atomic E-state index is 0.00616. The van der Waals surface area contributed by atoms with Crippen molar-refractivity contribution in [2.45, 2.75) is 37.8 Å². The van der Waals surface area contributed by atoms with Gasteiger partial charge in [0.25, 0.3) is 0 Å². The minimum atomic E-state index is -4.56. The van der Waals surface area contributed by atoms with E-state index in [1.165, 1.54) is 6.07 Å². The van der Waals surface area contributed by atoms with Crippen LogP contribution in [0.15, 0.2) is 12.1 Å². The molecular weight excluding hydrogens is 313 g/mol. The molecule has 0 saturated heterocycles. The number of alkyl halides is 3. The molecule has 1 fully saturated rings. The van der Waals surface area contributed by atoms with Crippen molar-refractivity contribution >= 4 is 5.97 Å². The first-order valence-corrected chi connectivity index (χ1v) is 7.59. The highest BCUT2D eigenvalue weighted by atomic mass is 19.4. The highest BCUT2D eigenvalue weighted by molar-refractivity contribution is 5.68. The van der Waals surface area contributed by atoms with Gasteiger partial charge in [-0.25, -0.2) is 0 Å². The molecule has 1 aromatic rings. The molecule has 4 nitrogen and oxygen atoms in total. The van der Waals surface area contributed by atoms with Gasteiger partial charge >= 0.3 is 12.1 Å². The fraction of sp³-hybridized carbons (Fsp3) is 0.562. The Morgan fingerprint density at radius 3 is 2.35 bits per heavy atom. The predicted octanol–water partition coefficient (Wildman–Crippen LogP) is 3.84. The molecule has 0 spiro atoms. The van der Waals surface area contributed by atoms with Gasteiger partial charge in [-0.2, -0.15) is 13.2 Å². The molecule has 3 rings (SSSR count).